The van der Waals surface area contributed by atoms with Gasteiger partial charge in [-0.3, -0.25) is 0 Å². The normalized spacial score (nSPS) is 16.0. The molecule has 0 saturated carbocycles. The van der Waals surface area contributed by atoms with Gasteiger partial charge in [0.25, 0.3) is 0 Å². The topological polar surface area (TPSA) is 66.4 Å². The van der Waals surface area contributed by atoms with Crippen molar-refractivity contribution < 1.29 is 13.5 Å². The van der Waals surface area contributed by atoms with Crippen molar-refractivity contribution in [2.45, 2.75) is 20.3 Å². The largest absolute Gasteiger partial charge is 0.421 e. The molecule has 0 spiro atoms. The average Bonchev–Trinajstić information content (AvgIpc) is 3.37. The molecular weight excluding hydrogens is 446 g/mol. The maximum Gasteiger partial charge on any atom is 0.326 e. The monoisotopic (exact) mass is 470 g/mol. The van der Waals surface area contributed by atoms with E-state index in [1.165, 1.54) is 11.3 Å². The van der Waals surface area contributed by atoms with Gasteiger partial charge in [-0.2, -0.15) is 9.97 Å². The fourth-order valence-electron chi connectivity index (χ4n) is 3.98. The number of benzene rings is 1. The third-order valence-electron chi connectivity index (χ3n) is 5.75. The highest BCUT2D eigenvalue weighted by atomic mass is 32.1. The third-order valence-corrected chi connectivity index (χ3v) is 6.58. The Morgan fingerprint density at radius 2 is 1.88 bits per heavy atom. The number of allylic oxidation sites excluding steroid dienone is 1. The minimum Gasteiger partial charge on any atom is -0.421 e. The Bertz CT molecular complexity index is 1240. The summed E-state index contributed by atoms with van der Waals surface area (Å²) in [5, 5.41) is 3.85. The number of rotatable bonds is 5. The Hall–Kier alpha value is -3.11. The Balaban J connectivity index is 1.50. The lowest BCUT2D eigenvalue weighted by Gasteiger charge is -2.33. The van der Waals surface area contributed by atoms with Gasteiger partial charge in [0.15, 0.2) is 16.7 Å². The van der Waals surface area contributed by atoms with E-state index in [1.807, 2.05) is 19.9 Å². The van der Waals surface area contributed by atoms with Crippen LogP contribution in [0.2, 0.25) is 0 Å². The van der Waals surface area contributed by atoms with Crippen molar-refractivity contribution in [3.8, 4) is 11.8 Å². The Morgan fingerprint density at radius 3 is 2.61 bits per heavy atom. The maximum absolute atomic E-state index is 15.1. The second-order valence-corrected chi connectivity index (χ2v) is 9.65. The van der Waals surface area contributed by atoms with Crippen LogP contribution in [0.4, 0.5) is 25.5 Å². The van der Waals surface area contributed by atoms with Gasteiger partial charge in [0.2, 0.25) is 0 Å². The second-order valence-electron chi connectivity index (χ2n) is 8.42. The molecule has 1 fully saturated rings. The number of ether oxygens (including phenoxy) is 1. The van der Waals surface area contributed by atoms with E-state index in [1.54, 1.807) is 12.3 Å². The lowest BCUT2D eigenvalue weighted by Crippen LogP contribution is -2.44. The standard InChI is InChI=1S/C23H24F2N6OS/c1-13-8-15-16(9-13)21(25)18(10-17(15)24)32-22-27-19(28-23-26-12-14(2)33-23)11-20(29-22)31-6-4-30(3)5-7-31/h9-12H,4-8H2,1-3H3,(H,26,27,28,29). The average molecular weight is 471 g/mol. The molecule has 7 nitrogen and oxygen atoms in total. The molecule has 1 N–H and O–H groups in total. The molecule has 33 heavy (non-hydrogen) atoms. The first-order chi connectivity index (χ1) is 15.9. The number of nitrogens with one attached hydrogen (secondary N) is 1. The number of thiazole rings is 1. The minimum atomic E-state index is -0.609. The van der Waals surface area contributed by atoms with E-state index in [0.29, 0.717) is 28.8 Å². The van der Waals surface area contributed by atoms with Gasteiger partial charge in [0, 0.05) is 60.5 Å². The molecule has 0 radical (unpaired) electrons. The number of halogens is 2. The number of aryl methyl sites for hydroxylation is 1. The summed E-state index contributed by atoms with van der Waals surface area (Å²) in [6.45, 7) is 7.17. The summed E-state index contributed by atoms with van der Waals surface area (Å²) < 4.78 is 35.5. The van der Waals surface area contributed by atoms with Crippen molar-refractivity contribution in [1.29, 1.82) is 0 Å². The number of aromatic nitrogens is 3. The number of hydrogen-bond donors (Lipinski definition) is 1. The second kappa shape index (κ2) is 8.68. The smallest absolute Gasteiger partial charge is 0.326 e. The molecular formula is C23H24F2N6OS. The van der Waals surface area contributed by atoms with Gasteiger partial charge in [0.05, 0.1) is 0 Å². The molecule has 3 aromatic rings. The first-order valence-corrected chi connectivity index (χ1v) is 11.6. The predicted molar refractivity (Wildman–Crippen MR) is 126 cm³/mol. The van der Waals surface area contributed by atoms with Crippen LogP contribution in [-0.2, 0) is 6.42 Å². The SMILES string of the molecule is CC1=Cc2c(F)c(Oc3nc(Nc4ncc(C)s4)cc(N4CCN(C)CC4)n3)cc(F)c2C1. The van der Waals surface area contributed by atoms with E-state index in [-0.39, 0.29) is 17.3 Å². The van der Waals surface area contributed by atoms with Crippen molar-refractivity contribution in [2.24, 2.45) is 0 Å². The molecule has 1 saturated heterocycles. The van der Waals surface area contributed by atoms with Gasteiger partial charge in [-0.1, -0.05) is 11.6 Å². The van der Waals surface area contributed by atoms with Crippen molar-refractivity contribution in [2.75, 3.05) is 43.4 Å². The summed E-state index contributed by atoms with van der Waals surface area (Å²) in [6.07, 6.45) is 3.82. The molecule has 0 bridgehead atoms. The predicted octanol–water partition coefficient (Wildman–Crippen LogP) is 4.77. The summed E-state index contributed by atoms with van der Waals surface area (Å²) in [5.74, 6) is -0.213. The lowest BCUT2D eigenvalue weighted by atomic mass is 10.1. The van der Waals surface area contributed by atoms with Crippen LogP contribution in [-0.4, -0.2) is 53.1 Å². The Labute approximate surface area is 194 Å². The minimum absolute atomic E-state index is 0.0563. The van der Waals surface area contributed by atoms with Gasteiger partial charge < -0.3 is 19.9 Å². The quantitative estimate of drug-likeness (QED) is 0.576. The van der Waals surface area contributed by atoms with E-state index in [2.05, 4.69) is 37.1 Å². The van der Waals surface area contributed by atoms with Crippen molar-refractivity contribution >= 4 is 34.2 Å². The fourth-order valence-corrected chi connectivity index (χ4v) is 4.65. The van der Waals surface area contributed by atoms with Crippen LogP contribution < -0.4 is 15.0 Å². The zero-order valence-corrected chi connectivity index (χ0v) is 19.5. The van der Waals surface area contributed by atoms with Crippen LogP contribution in [0.15, 0.2) is 23.9 Å². The van der Waals surface area contributed by atoms with E-state index in [9.17, 15) is 4.39 Å². The van der Waals surface area contributed by atoms with Crippen molar-refractivity contribution in [1.82, 2.24) is 19.9 Å². The van der Waals surface area contributed by atoms with E-state index in [0.717, 1.165) is 42.7 Å². The summed E-state index contributed by atoms with van der Waals surface area (Å²) in [7, 11) is 2.07. The molecule has 172 valence electrons. The summed E-state index contributed by atoms with van der Waals surface area (Å²) >= 11 is 1.49. The molecule has 0 amide bonds. The fraction of sp³-hybridized carbons (Fsp3) is 0.348. The first kappa shape index (κ1) is 21.7. The molecule has 2 aliphatic rings. The van der Waals surface area contributed by atoms with E-state index in [4.69, 9.17) is 4.74 Å². The van der Waals surface area contributed by atoms with Crippen molar-refractivity contribution in [3.63, 3.8) is 0 Å². The highest BCUT2D eigenvalue weighted by molar-refractivity contribution is 7.15. The van der Waals surface area contributed by atoms with Gasteiger partial charge in [-0.15, -0.1) is 11.3 Å². The van der Waals surface area contributed by atoms with Crippen LogP contribution >= 0.6 is 11.3 Å². The Morgan fingerprint density at radius 1 is 1.09 bits per heavy atom. The van der Waals surface area contributed by atoms with Gasteiger partial charge in [-0.05, 0) is 27.3 Å². The molecule has 2 aromatic heterocycles. The summed E-state index contributed by atoms with van der Waals surface area (Å²) in [6, 6.07) is 2.84. The number of hydrogen-bond acceptors (Lipinski definition) is 8. The van der Waals surface area contributed by atoms with Crippen LogP contribution in [0.1, 0.15) is 22.9 Å². The van der Waals surface area contributed by atoms with Crippen LogP contribution in [0, 0.1) is 18.6 Å². The lowest BCUT2D eigenvalue weighted by molar-refractivity contribution is 0.311. The zero-order chi connectivity index (χ0) is 23.1. The molecule has 0 atom stereocenters. The molecule has 0 unspecified atom stereocenters. The molecule has 3 heterocycles. The first-order valence-electron chi connectivity index (χ1n) is 10.7. The van der Waals surface area contributed by atoms with Crippen molar-refractivity contribution in [3.05, 3.63) is 51.5 Å². The van der Waals surface area contributed by atoms with Crippen LogP contribution in [0.5, 0.6) is 11.8 Å². The maximum atomic E-state index is 15.1. The molecule has 1 aliphatic heterocycles. The Kier molecular flexibility index (Phi) is 5.71. The summed E-state index contributed by atoms with van der Waals surface area (Å²) in [5.41, 5.74) is 1.48. The number of fused-ring (bicyclic) bond motifs is 1. The highest BCUT2D eigenvalue weighted by Crippen LogP contribution is 2.36. The molecule has 10 heteroatoms. The van der Waals surface area contributed by atoms with Crippen LogP contribution in [0.25, 0.3) is 6.08 Å². The molecule has 1 aromatic carbocycles. The molecule has 5 rings (SSSR count). The van der Waals surface area contributed by atoms with E-state index >= 15 is 4.39 Å². The number of piperazine rings is 1. The van der Waals surface area contributed by atoms with Gasteiger partial charge in [0.1, 0.15) is 17.5 Å². The number of nitrogens with zero attached hydrogens (tertiary/aromatic N) is 5. The van der Waals surface area contributed by atoms with Crippen LogP contribution in [0.3, 0.4) is 0 Å². The number of likely N-dealkylation sites (N-methyl/N-ethyl adjacent to an activating group) is 1. The van der Waals surface area contributed by atoms with Gasteiger partial charge >= 0.3 is 6.01 Å². The zero-order valence-electron chi connectivity index (χ0n) is 18.7. The third kappa shape index (κ3) is 4.53. The summed E-state index contributed by atoms with van der Waals surface area (Å²) in [4.78, 5) is 18.7. The molecule has 1 aliphatic carbocycles. The number of anilines is 3. The van der Waals surface area contributed by atoms with Gasteiger partial charge in [-0.25, -0.2) is 13.8 Å². The highest BCUT2D eigenvalue weighted by Gasteiger charge is 2.24. The van der Waals surface area contributed by atoms with E-state index < -0.39 is 11.6 Å².